The Morgan fingerprint density at radius 3 is 2.53 bits per heavy atom. The monoisotopic (exact) mass is 277 g/mol. The number of benzene rings is 1. The van der Waals surface area contributed by atoms with Crippen molar-refractivity contribution in [2.75, 3.05) is 7.11 Å². The fourth-order valence-electron chi connectivity index (χ4n) is 1.34. The van der Waals surface area contributed by atoms with E-state index in [0.717, 1.165) is 29.3 Å². The first-order valence-electron chi connectivity index (χ1n) is 5.56. The Bertz CT molecular complexity index is 353. The Labute approximate surface area is 115 Å². The van der Waals surface area contributed by atoms with Crippen LogP contribution < -0.4 is 10.1 Å². The highest BCUT2D eigenvalue weighted by Gasteiger charge is 2.14. The standard InChI is InChI=1S/C13H20ClNO.ClH/c1-5-13(2,3)15-9-10-8-11(14)6-7-12(10)16-4;/h6-8,15H,5,9H2,1-4H3;1H. The largest absolute Gasteiger partial charge is 0.496 e. The highest BCUT2D eigenvalue weighted by molar-refractivity contribution is 6.30. The number of rotatable bonds is 5. The molecule has 0 bridgehead atoms. The van der Waals surface area contributed by atoms with Gasteiger partial charge in [-0.3, -0.25) is 0 Å². The first-order chi connectivity index (χ1) is 7.48. The quantitative estimate of drug-likeness (QED) is 0.877. The number of halogens is 2. The summed E-state index contributed by atoms with van der Waals surface area (Å²) < 4.78 is 5.30. The number of nitrogens with one attached hydrogen (secondary N) is 1. The van der Waals surface area contributed by atoms with Crippen molar-refractivity contribution in [1.29, 1.82) is 0 Å². The Kier molecular flexibility index (Phi) is 6.91. The van der Waals surface area contributed by atoms with Crippen LogP contribution in [0.3, 0.4) is 0 Å². The van der Waals surface area contributed by atoms with Crippen LogP contribution in [0.1, 0.15) is 32.8 Å². The van der Waals surface area contributed by atoms with Gasteiger partial charge in [0.1, 0.15) is 5.75 Å². The van der Waals surface area contributed by atoms with E-state index >= 15 is 0 Å². The van der Waals surface area contributed by atoms with Crippen molar-refractivity contribution in [3.63, 3.8) is 0 Å². The van der Waals surface area contributed by atoms with Crippen LogP contribution >= 0.6 is 24.0 Å². The van der Waals surface area contributed by atoms with Crippen molar-refractivity contribution in [3.05, 3.63) is 28.8 Å². The van der Waals surface area contributed by atoms with Crippen molar-refractivity contribution in [1.82, 2.24) is 5.32 Å². The van der Waals surface area contributed by atoms with Crippen molar-refractivity contribution in [2.45, 2.75) is 39.3 Å². The van der Waals surface area contributed by atoms with Crippen LogP contribution in [-0.4, -0.2) is 12.6 Å². The number of hydrogen-bond donors (Lipinski definition) is 1. The van der Waals surface area contributed by atoms with Crippen molar-refractivity contribution >= 4 is 24.0 Å². The molecule has 0 aromatic heterocycles. The molecule has 0 aliphatic rings. The minimum absolute atomic E-state index is 0. The van der Waals surface area contributed by atoms with Crippen molar-refractivity contribution < 1.29 is 4.74 Å². The molecular weight excluding hydrogens is 257 g/mol. The minimum Gasteiger partial charge on any atom is -0.496 e. The summed E-state index contributed by atoms with van der Waals surface area (Å²) >= 11 is 5.97. The lowest BCUT2D eigenvalue weighted by atomic mass is 10.0. The van der Waals surface area contributed by atoms with Gasteiger partial charge in [-0.05, 0) is 38.5 Å². The molecule has 0 heterocycles. The van der Waals surface area contributed by atoms with E-state index < -0.39 is 0 Å². The van der Waals surface area contributed by atoms with E-state index in [1.165, 1.54) is 0 Å². The first kappa shape index (κ1) is 16.6. The van der Waals surface area contributed by atoms with Gasteiger partial charge in [0.15, 0.2) is 0 Å². The van der Waals surface area contributed by atoms with Gasteiger partial charge in [0.05, 0.1) is 7.11 Å². The van der Waals surface area contributed by atoms with Crippen LogP contribution in [0, 0.1) is 0 Å². The molecule has 0 saturated heterocycles. The summed E-state index contributed by atoms with van der Waals surface area (Å²) in [5.41, 5.74) is 1.23. The Hall–Kier alpha value is -0.440. The lowest BCUT2D eigenvalue weighted by Gasteiger charge is -2.25. The van der Waals surface area contributed by atoms with Crippen LogP contribution in [0.5, 0.6) is 5.75 Å². The van der Waals surface area contributed by atoms with Gasteiger partial charge in [0.25, 0.3) is 0 Å². The fourth-order valence-corrected chi connectivity index (χ4v) is 1.54. The van der Waals surface area contributed by atoms with Gasteiger partial charge < -0.3 is 10.1 Å². The number of hydrogen-bond acceptors (Lipinski definition) is 2. The SMILES string of the molecule is CCC(C)(C)NCc1cc(Cl)ccc1OC.Cl. The molecule has 2 nitrogen and oxygen atoms in total. The second-order valence-electron chi connectivity index (χ2n) is 4.55. The molecular formula is C13H21Cl2NO. The molecule has 1 rings (SSSR count). The molecule has 0 atom stereocenters. The third-order valence-corrected chi connectivity index (χ3v) is 3.12. The molecule has 1 aromatic rings. The summed E-state index contributed by atoms with van der Waals surface area (Å²) in [6.07, 6.45) is 1.08. The molecule has 0 radical (unpaired) electrons. The Morgan fingerprint density at radius 1 is 1.35 bits per heavy atom. The first-order valence-corrected chi connectivity index (χ1v) is 5.94. The zero-order valence-corrected chi connectivity index (χ0v) is 12.4. The molecule has 0 saturated carbocycles. The molecule has 1 aromatic carbocycles. The minimum atomic E-state index is 0. The van der Waals surface area contributed by atoms with Crippen LogP contribution in [0.4, 0.5) is 0 Å². The van der Waals surface area contributed by atoms with E-state index in [2.05, 4.69) is 26.1 Å². The van der Waals surface area contributed by atoms with Crippen LogP contribution in [0.25, 0.3) is 0 Å². The second-order valence-corrected chi connectivity index (χ2v) is 4.98. The zero-order chi connectivity index (χ0) is 12.2. The van der Waals surface area contributed by atoms with Gasteiger partial charge in [-0.2, -0.15) is 0 Å². The molecule has 0 aliphatic heterocycles. The maximum Gasteiger partial charge on any atom is 0.123 e. The molecule has 0 aliphatic carbocycles. The van der Waals surface area contributed by atoms with Gasteiger partial charge in [0, 0.05) is 22.7 Å². The fraction of sp³-hybridized carbons (Fsp3) is 0.538. The van der Waals surface area contributed by atoms with E-state index in [-0.39, 0.29) is 17.9 Å². The Morgan fingerprint density at radius 2 is 2.00 bits per heavy atom. The maximum absolute atomic E-state index is 5.97. The lowest BCUT2D eigenvalue weighted by Crippen LogP contribution is -2.37. The van der Waals surface area contributed by atoms with Crippen LogP contribution in [-0.2, 0) is 6.54 Å². The van der Waals surface area contributed by atoms with Crippen molar-refractivity contribution in [2.24, 2.45) is 0 Å². The third-order valence-electron chi connectivity index (χ3n) is 2.88. The van der Waals surface area contributed by atoms with Gasteiger partial charge >= 0.3 is 0 Å². The molecule has 4 heteroatoms. The average Bonchev–Trinajstić information content (AvgIpc) is 2.27. The predicted octanol–water partition coefficient (Wildman–Crippen LogP) is 4.05. The van der Waals surface area contributed by atoms with E-state index in [1.807, 2.05) is 18.2 Å². The molecule has 0 unspecified atom stereocenters. The van der Waals surface area contributed by atoms with Gasteiger partial charge in [0.2, 0.25) is 0 Å². The highest BCUT2D eigenvalue weighted by Crippen LogP contribution is 2.23. The van der Waals surface area contributed by atoms with Crippen LogP contribution in [0.2, 0.25) is 5.02 Å². The highest BCUT2D eigenvalue weighted by atomic mass is 35.5. The van der Waals surface area contributed by atoms with Gasteiger partial charge in [-0.15, -0.1) is 12.4 Å². The number of methoxy groups -OCH3 is 1. The van der Waals surface area contributed by atoms with E-state index in [1.54, 1.807) is 7.11 Å². The zero-order valence-electron chi connectivity index (χ0n) is 10.8. The average molecular weight is 278 g/mol. The van der Waals surface area contributed by atoms with E-state index in [0.29, 0.717) is 0 Å². The summed E-state index contributed by atoms with van der Waals surface area (Å²) in [6.45, 7) is 7.31. The Balaban J connectivity index is 0.00000256. The summed E-state index contributed by atoms with van der Waals surface area (Å²) in [6, 6.07) is 5.69. The lowest BCUT2D eigenvalue weighted by molar-refractivity contribution is 0.364. The second kappa shape index (κ2) is 7.10. The molecule has 0 spiro atoms. The van der Waals surface area contributed by atoms with E-state index in [4.69, 9.17) is 16.3 Å². The summed E-state index contributed by atoms with van der Waals surface area (Å²) in [7, 11) is 1.68. The van der Waals surface area contributed by atoms with Crippen molar-refractivity contribution in [3.8, 4) is 5.75 Å². The molecule has 98 valence electrons. The third kappa shape index (κ3) is 5.15. The summed E-state index contributed by atoms with van der Waals surface area (Å²) in [5, 5.41) is 4.23. The molecule has 0 amide bonds. The van der Waals surface area contributed by atoms with E-state index in [9.17, 15) is 0 Å². The molecule has 17 heavy (non-hydrogen) atoms. The van der Waals surface area contributed by atoms with Crippen LogP contribution in [0.15, 0.2) is 18.2 Å². The maximum atomic E-state index is 5.97. The summed E-state index contributed by atoms with van der Waals surface area (Å²) in [4.78, 5) is 0. The summed E-state index contributed by atoms with van der Waals surface area (Å²) in [5.74, 6) is 0.879. The predicted molar refractivity (Wildman–Crippen MR) is 76.5 cm³/mol. The number of ether oxygens (including phenoxy) is 1. The normalized spacial score (nSPS) is 10.9. The molecule has 1 N–H and O–H groups in total. The molecule has 0 fully saturated rings. The van der Waals surface area contributed by atoms with Gasteiger partial charge in [-0.25, -0.2) is 0 Å². The topological polar surface area (TPSA) is 21.3 Å². The smallest absolute Gasteiger partial charge is 0.123 e. The van der Waals surface area contributed by atoms with Gasteiger partial charge in [-0.1, -0.05) is 18.5 Å².